The lowest BCUT2D eigenvalue weighted by Crippen LogP contribution is -2.23. The minimum absolute atomic E-state index is 0.0296. The van der Waals surface area contributed by atoms with Gasteiger partial charge >= 0.3 is 0 Å². The summed E-state index contributed by atoms with van der Waals surface area (Å²) in [6, 6.07) is 14.3. The van der Waals surface area contributed by atoms with Crippen molar-refractivity contribution in [2.75, 3.05) is 6.54 Å². The monoisotopic (exact) mass is 304 g/mol. The fourth-order valence-corrected chi connectivity index (χ4v) is 2.10. The van der Waals surface area contributed by atoms with Gasteiger partial charge in [-0.1, -0.05) is 17.3 Å². The Labute approximate surface area is 132 Å². The Balaban J connectivity index is 1.87. The van der Waals surface area contributed by atoms with E-state index in [1.54, 1.807) is 36.7 Å². The van der Waals surface area contributed by atoms with Crippen molar-refractivity contribution in [2.24, 2.45) is 0 Å². The third-order valence-corrected chi connectivity index (χ3v) is 3.20. The van der Waals surface area contributed by atoms with Crippen LogP contribution < -0.4 is 5.32 Å². The van der Waals surface area contributed by atoms with Gasteiger partial charge < -0.3 is 9.84 Å². The Hall–Kier alpha value is -3.46. The molecule has 0 aliphatic rings. The summed E-state index contributed by atoms with van der Waals surface area (Å²) in [7, 11) is 0. The molecular formula is C17H12N4O2. The third-order valence-electron chi connectivity index (χ3n) is 3.20. The van der Waals surface area contributed by atoms with Crippen LogP contribution in [0.25, 0.3) is 22.6 Å². The lowest BCUT2D eigenvalue weighted by atomic mass is 10.1. The SMILES string of the molecule is N#CCNC(=O)c1cccc(-c2cc(-c3cccnc3)on2)c1. The number of carbonyl (C=O) groups is 1. The van der Waals surface area contributed by atoms with E-state index in [1.165, 1.54) is 0 Å². The molecule has 1 N–H and O–H groups in total. The number of nitrogens with one attached hydrogen (secondary N) is 1. The van der Waals surface area contributed by atoms with Crippen molar-refractivity contribution in [3.8, 4) is 28.7 Å². The molecule has 0 unspecified atom stereocenters. The van der Waals surface area contributed by atoms with Gasteiger partial charge in [0.25, 0.3) is 5.91 Å². The first kappa shape index (κ1) is 14.5. The van der Waals surface area contributed by atoms with Crippen LogP contribution in [0, 0.1) is 11.3 Å². The molecule has 2 heterocycles. The molecule has 0 saturated carbocycles. The van der Waals surface area contributed by atoms with Crippen molar-refractivity contribution in [3.05, 3.63) is 60.4 Å². The van der Waals surface area contributed by atoms with Crippen LogP contribution in [0.15, 0.2) is 59.4 Å². The molecule has 1 aromatic carbocycles. The van der Waals surface area contributed by atoms with Gasteiger partial charge in [-0.15, -0.1) is 0 Å². The number of carbonyl (C=O) groups excluding carboxylic acids is 1. The zero-order valence-electron chi connectivity index (χ0n) is 12.1. The second-order valence-electron chi connectivity index (χ2n) is 4.74. The van der Waals surface area contributed by atoms with E-state index in [2.05, 4.69) is 15.5 Å². The molecule has 0 spiro atoms. The van der Waals surface area contributed by atoms with Gasteiger partial charge in [0.05, 0.1) is 6.07 Å². The molecule has 3 rings (SSSR count). The Morgan fingerprint density at radius 1 is 1.22 bits per heavy atom. The maximum atomic E-state index is 11.9. The van der Waals surface area contributed by atoms with E-state index in [4.69, 9.17) is 9.78 Å². The Kier molecular flexibility index (Phi) is 4.11. The number of nitrogens with zero attached hydrogens (tertiary/aromatic N) is 3. The van der Waals surface area contributed by atoms with Crippen LogP contribution in [-0.2, 0) is 0 Å². The van der Waals surface area contributed by atoms with Crippen molar-refractivity contribution in [2.45, 2.75) is 0 Å². The summed E-state index contributed by atoms with van der Waals surface area (Å²) < 4.78 is 5.34. The van der Waals surface area contributed by atoms with E-state index < -0.39 is 0 Å². The molecule has 6 heteroatoms. The van der Waals surface area contributed by atoms with Crippen molar-refractivity contribution in [1.82, 2.24) is 15.5 Å². The lowest BCUT2D eigenvalue weighted by molar-refractivity contribution is 0.0958. The molecule has 6 nitrogen and oxygen atoms in total. The lowest BCUT2D eigenvalue weighted by Gasteiger charge is -2.02. The summed E-state index contributed by atoms with van der Waals surface area (Å²) >= 11 is 0. The number of benzene rings is 1. The minimum atomic E-state index is -0.302. The highest BCUT2D eigenvalue weighted by Gasteiger charge is 2.11. The summed E-state index contributed by atoms with van der Waals surface area (Å²) in [5, 5.41) is 15.1. The van der Waals surface area contributed by atoms with Gasteiger partial charge in [-0.25, -0.2) is 0 Å². The number of aromatic nitrogens is 2. The summed E-state index contributed by atoms with van der Waals surface area (Å²) in [6.07, 6.45) is 3.38. The van der Waals surface area contributed by atoms with Crippen LogP contribution in [0.1, 0.15) is 10.4 Å². The first-order valence-electron chi connectivity index (χ1n) is 6.90. The molecule has 0 saturated heterocycles. The number of rotatable bonds is 4. The van der Waals surface area contributed by atoms with E-state index in [0.29, 0.717) is 17.0 Å². The van der Waals surface area contributed by atoms with E-state index in [1.807, 2.05) is 24.3 Å². The highest BCUT2D eigenvalue weighted by molar-refractivity contribution is 5.95. The minimum Gasteiger partial charge on any atom is -0.356 e. The normalized spacial score (nSPS) is 10.0. The van der Waals surface area contributed by atoms with Crippen molar-refractivity contribution in [3.63, 3.8) is 0 Å². The summed E-state index contributed by atoms with van der Waals surface area (Å²) in [4.78, 5) is 15.9. The fourth-order valence-electron chi connectivity index (χ4n) is 2.10. The van der Waals surface area contributed by atoms with Crippen molar-refractivity contribution in [1.29, 1.82) is 5.26 Å². The number of nitriles is 1. The first-order valence-corrected chi connectivity index (χ1v) is 6.90. The number of pyridine rings is 1. The van der Waals surface area contributed by atoms with E-state index in [-0.39, 0.29) is 12.5 Å². The van der Waals surface area contributed by atoms with Gasteiger partial charge in [0, 0.05) is 35.2 Å². The first-order chi connectivity index (χ1) is 11.3. The summed E-state index contributed by atoms with van der Waals surface area (Å²) in [6.45, 7) is -0.0296. The van der Waals surface area contributed by atoms with Gasteiger partial charge in [-0.2, -0.15) is 5.26 Å². The predicted molar refractivity (Wildman–Crippen MR) is 83.1 cm³/mol. The average molecular weight is 304 g/mol. The zero-order valence-corrected chi connectivity index (χ0v) is 12.1. The number of hydrogen-bond donors (Lipinski definition) is 1. The van der Waals surface area contributed by atoms with Crippen LogP contribution >= 0.6 is 0 Å². The molecule has 0 radical (unpaired) electrons. The molecule has 112 valence electrons. The van der Waals surface area contributed by atoms with Gasteiger partial charge in [-0.3, -0.25) is 9.78 Å². The molecule has 0 fully saturated rings. The summed E-state index contributed by atoms with van der Waals surface area (Å²) in [5.41, 5.74) is 2.67. The third kappa shape index (κ3) is 3.24. The van der Waals surface area contributed by atoms with E-state index >= 15 is 0 Å². The predicted octanol–water partition coefficient (Wildman–Crippen LogP) is 2.66. The fraction of sp³-hybridized carbons (Fsp3) is 0.0588. The van der Waals surface area contributed by atoms with Crippen molar-refractivity contribution >= 4 is 5.91 Å². The molecule has 3 aromatic rings. The smallest absolute Gasteiger partial charge is 0.252 e. The second kappa shape index (κ2) is 6.54. The van der Waals surface area contributed by atoms with Crippen LogP contribution in [0.2, 0.25) is 0 Å². The zero-order chi connectivity index (χ0) is 16.1. The standard InChI is InChI=1S/C17H12N4O2/c18-6-8-20-17(22)13-4-1-3-12(9-13)15-10-16(23-21-15)14-5-2-7-19-11-14/h1-5,7,9-11H,8H2,(H,20,22). The Morgan fingerprint density at radius 3 is 2.87 bits per heavy atom. The Bertz CT molecular complexity index is 866. The van der Waals surface area contributed by atoms with E-state index in [9.17, 15) is 4.79 Å². The number of amides is 1. The molecule has 0 aliphatic heterocycles. The largest absolute Gasteiger partial charge is 0.356 e. The molecular weight excluding hydrogens is 292 g/mol. The molecule has 1 amide bonds. The highest BCUT2D eigenvalue weighted by Crippen LogP contribution is 2.25. The van der Waals surface area contributed by atoms with Crippen LogP contribution in [0.5, 0.6) is 0 Å². The topological polar surface area (TPSA) is 91.8 Å². The van der Waals surface area contributed by atoms with Gasteiger partial charge in [0.1, 0.15) is 12.2 Å². The molecule has 0 atom stereocenters. The Morgan fingerprint density at radius 2 is 2.09 bits per heavy atom. The van der Waals surface area contributed by atoms with Crippen LogP contribution in [0.3, 0.4) is 0 Å². The van der Waals surface area contributed by atoms with E-state index in [0.717, 1.165) is 11.1 Å². The van der Waals surface area contributed by atoms with Gasteiger partial charge in [0.2, 0.25) is 0 Å². The summed E-state index contributed by atoms with van der Waals surface area (Å²) in [5.74, 6) is 0.303. The molecule has 2 aromatic heterocycles. The maximum absolute atomic E-state index is 11.9. The highest BCUT2D eigenvalue weighted by atomic mass is 16.5. The quantitative estimate of drug-likeness (QED) is 0.748. The number of hydrogen-bond acceptors (Lipinski definition) is 5. The second-order valence-corrected chi connectivity index (χ2v) is 4.74. The van der Waals surface area contributed by atoms with Crippen LogP contribution in [-0.4, -0.2) is 22.6 Å². The maximum Gasteiger partial charge on any atom is 0.252 e. The van der Waals surface area contributed by atoms with Crippen LogP contribution in [0.4, 0.5) is 0 Å². The van der Waals surface area contributed by atoms with Gasteiger partial charge in [0.15, 0.2) is 5.76 Å². The molecule has 0 aliphatic carbocycles. The van der Waals surface area contributed by atoms with Gasteiger partial charge in [-0.05, 0) is 24.3 Å². The van der Waals surface area contributed by atoms with Crippen molar-refractivity contribution < 1.29 is 9.32 Å². The average Bonchev–Trinajstić information content (AvgIpc) is 3.11. The molecule has 23 heavy (non-hydrogen) atoms. The molecule has 0 bridgehead atoms.